The summed E-state index contributed by atoms with van der Waals surface area (Å²) < 4.78 is 1.93. The van der Waals surface area contributed by atoms with E-state index >= 15 is 0 Å². The normalized spacial score (nSPS) is 13.6. The van der Waals surface area contributed by atoms with E-state index in [1.807, 2.05) is 17.7 Å². The number of hydrogen-bond acceptors (Lipinski definition) is 2. The molecule has 130 valence electrons. The van der Waals surface area contributed by atoms with Gasteiger partial charge in [-0.2, -0.15) is 5.10 Å². The minimum atomic E-state index is -0.926. The van der Waals surface area contributed by atoms with E-state index in [-0.39, 0.29) is 0 Å². The van der Waals surface area contributed by atoms with E-state index in [1.54, 1.807) is 0 Å². The number of aliphatic hydroxyl groups is 1. The van der Waals surface area contributed by atoms with Gasteiger partial charge in [0.15, 0.2) is 0 Å². The first kappa shape index (κ1) is 17.4. The average Bonchev–Trinajstić information content (AvgIpc) is 3.02. The van der Waals surface area contributed by atoms with Crippen molar-refractivity contribution in [3.05, 3.63) is 71.4 Å². The Kier molecular flexibility index (Phi) is 4.78. The summed E-state index contributed by atoms with van der Waals surface area (Å²) in [6.07, 6.45) is 1.59. The molecule has 1 aromatic heterocycles. The van der Waals surface area contributed by atoms with Crippen molar-refractivity contribution in [1.82, 2.24) is 9.78 Å². The summed E-state index contributed by atoms with van der Waals surface area (Å²) in [6, 6.07) is 18.7. The molecule has 2 aromatic carbocycles. The molecule has 0 aliphatic carbocycles. The van der Waals surface area contributed by atoms with E-state index in [0.717, 1.165) is 23.4 Å². The molecule has 3 aromatic rings. The molecule has 0 bridgehead atoms. The lowest BCUT2D eigenvalue weighted by molar-refractivity contribution is 0.0421. The quantitative estimate of drug-likeness (QED) is 0.699. The lowest BCUT2D eigenvalue weighted by Crippen LogP contribution is -2.21. The molecule has 0 fully saturated rings. The fraction of sp³-hybridized carbons (Fsp3) is 0.318. The van der Waals surface area contributed by atoms with E-state index in [0.29, 0.717) is 12.1 Å². The maximum Gasteiger partial charge on any atom is 0.106 e. The molecule has 3 nitrogen and oxygen atoms in total. The first-order valence-electron chi connectivity index (χ1n) is 8.88. The molecular formula is C22H26N2O. The molecule has 3 heteroatoms. The van der Waals surface area contributed by atoms with Crippen LogP contribution in [0.4, 0.5) is 0 Å². The predicted molar refractivity (Wildman–Crippen MR) is 103 cm³/mol. The number of aryl methyl sites for hydroxylation is 2. The number of rotatable bonds is 5. The van der Waals surface area contributed by atoms with Crippen LogP contribution in [0.2, 0.25) is 0 Å². The van der Waals surface area contributed by atoms with Crippen molar-refractivity contribution in [2.24, 2.45) is 0 Å². The highest BCUT2D eigenvalue weighted by Gasteiger charge is 2.27. The predicted octanol–water partition coefficient (Wildman–Crippen LogP) is 5.16. The maximum atomic E-state index is 10.8. The van der Waals surface area contributed by atoms with Gasteiger partial charge in [-0.05, 0) is 45.4 Å². The van der Waals surface area contributed by atoms with Crippen LogP contribution in [0, 0.1) is 13.8 Å². The van der Waals surface area contributed by atoms with E-state index in [4.69, 9.17) is 5.10 Å². The molecule has 1 unspecified atom stereocenters. The van der Waals surface area contributed by atoms with Crippen LogP contribution in [-0.4, -0.2) is 14.9 Å². The van der Waals surface area contributed by atoms with Crippen LogP contribution in [0.5, 0.6) is 0 Å². The molecule has 1 heterocycles. The lowest BCUT2D eigenvalue weighted by Gasteiger charge is -2.19. The van der Waals surface area contributed by atoms with Crippen LogP contribution >= 0.6 is 0 Å². The van der Waals surface area contributed by atoms with Gasteiger partial charge >= 0.3 is 0 Å². The Morgan fingerprint density at radius 3 is 2.08 bits per heavy atom. The topological polar surface area (TPSA) is 38.0 Å². The second-order valence-corrected chi connectivity index (χ2v) is 7.05. The summed E-state index contributed by atoms with van der Waals surface area (Å²) in [5, 5.41) is 15.6. The summed E-state index contributed by atoms with van der Waals surface area (Å²) in [5.74, 6) is 0. The first-order valence-corrected chi connectivity index (χ1v) is 8.88. The smallest absolute Gasteiger partial charge is 0.106 e. The van der Waals surface area contributed by atoms with Crippen molar-refractivity contribution >= 4 is 0 Å². The lowest BCUT2D eigenvalue weighted by atomic mass is 9.96. The molecule has 0 amide bonds. The van der Waals surface area contributed by atoms with Crippen molar-refractivity contribution in [2.75, 3.05) is 0 Å². The number of hydrogen-bond donors (Lipinski definition) is 1. The number of benzene rings is 2. The van der Waals surface area contributed by atoms with Crippen molar-refractivity contribution in [1.29, 1.82) is 0 Å². The fourth-order valence-corrected chi connectivity index (χ4v) is 3.07. The van der Waals surface area contributed by atoms with Gasteiger partial charge in [0.1, 0.15) is 5.60 Å². The molecule has 1 atom stereocenters. The third kappa shape index (κ3) is 3.67. The zero-order chi connectivity index (χ0) is 18.0. The summed E-state index contributed by atoms with van der Waals surface area (Å²) >= 11 is 0. The molecule has 0 spiro atoms. The zero-order valence-electron chi connectivity index (χ0n) is 15.5. The van der Waals surface area contributed by atoms with Gasteiger partial charge in [-0.25, -0.2) is 4.68 Å². The van der Waals surface area contributed by atoms with Gasteiger partial charge in [0.05, 0.1) is 17.1 Å². The number of nitrogens with zero attached hydrogens (tertiary/aromatic N) is 2. The van der Waals surface area contributed by atoms with Crippen LogP contribution in [0.3, 0.4) is 0 Å². The van der Waals surface area contributed by atoms with Gasteiger partial charge in [0.25, 0.3) is 0 Å². The highest BCUT2D eigenvalue weighted by Crippen LogP contribution is 2.31. The van der Waals surface area contributed by atoms with Gasteiger partial charge in [-0.15, -0.1) is 0 Å². The highest BCUT2D eigenvalue weighted by atomic mass is 16.3. The highest BCUT2D eigenvalue weighted by molar-refractivity contribution is 5.63. The second-order valence-electron chi connectivity index (χ2n) is 7.05. The van der Waals surface area contributed by atoms with E-state index in [2.05, 4.69) is 69.3 Å². The number of aromatic nitrogens is 2. The van der Waals surface area contributed by atoms with Gasteiger partial charge in [-0.3, -0.25) is 0 Å². The Labute approximate surface area is 150 Å². The van der Waals surface area contributed by atoms with Gasteiger partial charge in [0, 0.05) is 5.56 Å². The summed E-state index contributed by atoms with van der Waals surface area (Å²) in [6.45, 7) is 8.08. The molecule has 0 radical (unpaired) electrons. The minimum absolute atomic E-state index is 0.686. The van der Waals surface area contributed by atoms with Crippen LogP contribution in [0.1, 0.15) is 43.5 Å². The largest absolute Gasteiger partial charge is 0.384 e. The van der Waals surface area contributed by atoms with Crippen LogP contribution < -0.4 is 0 Å². The van der Waals surface area contributed by atoms with Crippen molar-refractivity contribution < 1.29 is 5.11 Å². The van der Waals surface area contributed by atoms with Gasteiger partial charge < -0.3 is 5.11 Å². The summed E-state index contributed by atoms with van der Waals surface area (Å²) in [7, 11) is 0. The summed E-state index contributed by atoms with van der Waals surface area (Å²) in [5.41, 5.74) is 5.32. The second kappa shape index (κ2) is 6.85. The third-order valence-electron chi connectivity index (χ3n) is 4.62. The van der Waals surface area contributed by atoms with Crippen molar-refractivity contribution in [3.63, 3.8) is 0 Å². The van der Waals surface area contributed by atoms with E-state index < -0.39 is 5.60 Å². The summed E-state index contributed by atoms with van der Waals surface area (Å²) in [4.78, 5) is 0. The Morgan fingerprint density at radius 1 is 0.960 bits per heavy atom. The van der Waals surface area contributed by atoms with Gasteiger partial charge in [-0.1, -0.05) is 60.9 Å². The van der Waals surface area contributed by atoms with Crippen molar-refractivity contribution in [2.45, 2.75) is 46.1 Å². The molecule has 0 aliphatic rings. The van der Waals surface area contributed by atoms with Gasteiger partial charge in [0.2, 0.25) is 0 Å². The molecule has 3 rings (SSSR count). The Bertz CT molecular complexity index is 780. The molecule has 1 N–H and O–H groups in total. The maximum absolute atomic E-state index is 10.8. The molecular weight excluding hydrogens is 308 g/mol. The van der Waals surface area contributed by atoms with E-state index in [9.17, 15) is 5.11 Å². The Balaban J connectivity index is 2.15. The average molecular weight is 334 g/mol. The van der Waals surface area contributed by atoms with Crippen LogP contribution in [-0.2, 0) is 5.60 Å². The molecule has 0 aliphatic heterocycles. The zero-order valence-corrected chi connectivity index (χ0v) is 15.5. The fourth-order valence-electron chi connectivity index (χ4n) is 3.07. The molecule has 0 saturated carbocycles. The Morgan fingerprint density at radius 2 is 1.52 bits per heavy atom. The van der Waals surface area contributed by atoms with E-state index in [1.165, 1.54) is 11.1 Å². The third-order valence-corrected chi connectivity index (χ3v) is 4.62. The Hall–Kier alpha value is -2.39. The van der Waals surface area contributed by atoms with Crippen molar-refractivity contribution in [3.8, 4) is 16.9 Å². The SMILES string of the molecule is CCCC(C)(O)c1cc(-c2ccc(C)cc2)n(-c2ccc(C)cc2)n1. The monoisotopic (exact) mass is 334 g/mol. The standard InChI is InChI=1S/C22H26N2O/c1-5-14-22(4,25)21-15-20(18-10-6-16(2)7-11-18)24(23-21)19-12-8-17(3)9-13-19/h6-13,15,25H,5,14H2,1-4H3. The molecule has 25 heavy (non-hydrogen) atoms. The van der Waals surface area contributed by atoms with Crippen LogP contribution in [0.15, 0.2) is 54.6 Å². The molecule has 0 saturated heterocycles. The first-order chi connectivity index (χ1) is 11.9. The van der Waals surface area contributed by atoms with Crippen LogP contribution in [0.25, 0.3) is 16.9 Å². The minimum Gasteiger partial charge on any atom is -0.384 e.